The van der Waals surface area contributed by atoms with Crippen LogP contribution in [0.15, 0.2) is 52.9 Å². The van der Waals surface area contributed by atoms with Gasteiger partial charge in [0.05, 0.1) is 7.11 Å². The van der Waals surface area contributed by atoms with Crippen molar-refractivity contribution in [1.29, 1.82) is 0 Å². The molecule has 3 rings (SSSR count). The van der Waals surface area contributed by atoms with E-state index in [1.54, 1.807) is 25.1 Å². The molecule has 1 unspecified atom stereocenters. The molecule has 6 nitrogen and oxygen atoms in total. The number of benzene rings is 2. The predicted octanol–water partition coefficient (Wildman–Crippen LogP) is 2.96. The van der Waals surface area contributed by atoms with Gasteiger partial charge in [0.1, 0.15) is 17.4 Å². The fraction of sp³-hybridized carbons (Fsp3) is 0.200. The van der Waals surface area contributed by atoms with E-state index in [0.717, 1.165) is 10.9 Å². The number of phenols is 1. The van der Waals surface area contributed by atoms with Gasteiger partial charge in [-0.2, -0.15) is 0 Å². The van der Waals surface area contributed by atoms with Crippen LogP contribution in [0, 0.1) is 6.92 Å². The fourth-order valence-corrected chi connectivity index (χ4v) is 2.82. The van der Waals surface area contributed by atoms with Gasteiger partial charge < -0.3 is 19.6 Å². The Labute approximate surface area is 150 Å². The topological polar surface area (TPSA) is 88.8 Å². The number of rotatable bonds is 5. The van der Waals surface area contributed by atoms with Gasteiger partial charge in [-0.25, -0.2) is 4.79 Å². The molecule has 0 bridgehead atoms. The molecule has 6 heteroatoms. The Morgan fingerprint density at radius 3 is 2.50 bits per heavy atom. The summed E-state index contributed by atoms with van der Waals surface area (Å²) in [5.41, 5.74) is 2.11. The summed E-state index contributed by atoms with van der Waals surface area (Å²) in [7, 11) is 1.27. The number of fused-ring (bicyclic) bond motifs is 1. The summed E-state index contributed by atoms with van der Waals surface area (Å²) in [6.07, 6.45) is 0.234. The molecule has 0 aliphatic rings. The van der Waals surface area contributed by atoms with E-state index in [1.165, 1.54) is 19.2 Å². The van der Waals surface area contributed by atoms with Gasteiger partial charge >= 0.3 is 5.97 Å². The van der Waals surface area contributed by atoms with Gasteiger partial charge in [-0.05, 0) is 30.7 Å². The minimum atomic E-state index is -0.871. The molecule has 3 aromatic rings. The maximum absolute atomic E-state index is 12.7. The van der Waals surface area contributed by atoms with Gasteiger partial charge in [-0.15, -0.1) is 0 Å². The molecule has 0 aliphatic heterocycles. The minimum absolute atomic E-state index is 0.130. The van der Waals surface area contributed by atoms with Crippen molar-refractivity contribution in [3.8, 4) is 5.75 Å². The zero-order valence-electron chi connectivity index (χ0n) is 14.5. The maximum Gasteiger partial charge on any atom is 0.328 e. The Hall–Kier alpha value is -3.28. The van der Waals surface area contributed by atoms with Crippen molar-refractivity contribution in [1.82, 2.24) is 5.32 Å². The van der Waals surface area contributed by atoms with E-state index in [0.29, 0.717) is 11.1 Å². The minimum Gasteiger partial charge on any atom is -0.508 e. The SMILES string of the molecule is COC(=O)C(Cc1ccc(O)cc1)NC(=O)c1oc2ccccc2c1C. The van der Waals surface area contributed by atoms with Gasteiger partial charge in [0.2, 0.25) is 0 Å². The van der Waals surface area contributed by atoms with Crippen molar-refractivity contribution < 1.29 is 23.8 Å². The van der Waals surface area contributed by atoms with Crippen LogP contribution < -0.4 is 5.32 Å². The molecule has 0 aliphatic carbocycles. The van der Waals surface area contributed by atoms with Gasteiger partial charge in [0, 0.05) is 17.4 Å². The molecule has 1 aromatic heterocycles. The van der Waals surface area contributed by atoms with E-state index >= 15 is 0 Å². The average molecular weight is 353 g/mol. The van der Waals surface area contributed by atoms with E-state index in [9.17, 15) is 14.7 Å². The standard InChI is InChI=1S/C20H19NO5/c1-12-15-5-3-4-6-17(15)26-18(12)19(23)21-16(20(24)25-2)11-13-7-9-14(22)10-8-13/h3-10,16,22H,11H2,1-2H3,(H,21,23). The Morgan fingerprint density at radius 2 is 1.85 bits per heavy atom. The smallest absolute Gasteiger partial charge is 0.328 e. The van der Waals surface area contributed by atoms with Gasteiger partial charge in [-0.3, -0.25) is 4.79 Å². The zero-order chi connectivity index (χ0) is 18.7. The highest BCUT2D eigenvalue weighted by atomic mass is 16.5. The highest BCUT2D eigenvalue weighted by molar-refractivity contribution is 6.00. The lowest BCUT2D eigenvalue weighted by Crippen LogP contribution is -2.43. The van der Waals surface area contributed by atoms with Crippen LogP contribution >= 0.6 is 0 Å². The third-order valence-electron chi connectivity index (χ3n) is 4.22. The third kappa shape index (κ3) is 3.54. The number of aromatic hydroxyl groups is 1. The number of hydrogen-bond acceptors (Lipinski definition) is 5. The molecule has 1 amide bonds. The summed E-state index contributed by atoms with van der Waals surface area (Å²) in [4.78, 5) is 24.7. The number of amides is 1. The number of furan rings is 1. The van der Waals surface area contributed by atoms with E-state index < -0.39 is 17.9 Å². The molecule has 2 N–H and O–H groups in total. The number of phenolic OH excluding ortho intramolecular Hbond substituents is 1. The number of ether oxygens (including phenoxy) is 1. The van der Waals surface area contributed by atoms with Crippen molar-refractivity contribution in [3.05, 3.63) is 65.4 Å². The summed E-state index contributed by atoms with van der Waals surface area (Å²) in [6, 6.07) is 12.9. The summed E-state index contributed by atoms with van der Waals surface area (Å²) >= 11 is 0. The fourth-order valence-electron chi connectivity index (χ4n) is 2.82. The van der Waals surface area contributed by atoms with E-state index in [-0.39, 0.29) is 17.9 Å². The lowest BCUT2D eigenvalue weighted by atomic mass is 10.1. The first-order chi connectivity index (χ1) is 12.5. The average Bonchev–Trinajstić information content (AvgIpc) is 2.99. The van der Waals surface area contributed by atoms with Crippen LogP contribution in [-0.2, 0) is 16.0 Å². The first-order valence-electron chi connectivity index (χ1n) is 8.14. The second-order valence-corrected chi connectivity index (χ2v) is 5.97. The van der Waals surface area contributed by atoms with Crippen molar-refractivity contribution in [2.45, 2.75) is 19.4 Å². The molecule has 2 aromatic carbocycles. The highest BCUT2D eigenvalue weighted by Gasteiger charge is 2.25. The Morgan fingerprint density at radius 1 is 1.15 bits per heavy atom. The van der Waals surface area contributed by atoms with Crippen molar-refractivity contribution in [2.75, 3.05) is 7.11 Å². The van der Waals surface area contributed by atoms with Crippen LogP contribution in [0.3, 0.4) is 0 Å². The molecule has 1 atom stereocenters. The number of carbonyl (C=O) groups is 2. The molecule has 0 saturated carbocycles. The molecule has 0 radical (unpaired) electrons. The van der Waals surface area contributed by atoms with Crippen LogP contribution in [0.2, 0.25) is 0 Å². The predicted molar refractivity (Wildman–Crippen MR) is 96.0 cm³/mol. The van der Waals surface area contributed by atoms with Crippen molar-refractivity contribution in [2.24, 2.45) is 0 Å². The lowest BCUT2D eigenvalue weighted by Gasteiger charge is -2.16. The molecule has 26 heavy (non-hydrogen) atoms. The van der Waals surface area contributed by atoms with Gasteiger partial charge in [0.15, 0.2) is 5.76 Å². The van der Waals surface area contributed by atoms with Crippen LogP contribution in [0.25, 0.3) is 11.0 Å². The monoisotopic (exact) mass is 353 g/mol. The summed E-state index contributed by atoms with van der Waals surface area (Å²) in [5, 5.41) is 12.9. The zero-order valence-corrected chi connectivity index (χ0v) is 14.5. The Balaban J connectivity index is 1.83. The Kier molecular flexibility index (Phi) is 4.93. The third-order valence-corrected chi connectivity index (χ3v) is 4.22. The highest BCUT2D eigenvalue weighted by Crippen LogP contribution is 2.25. The van der Waals surface area contributed by atoms with Crippen LogP contribution in [0.1, 0.15) is 21.7 Å². The van der Waals surface area contributed by atoms with Crippen molar-refractivity contribution in [3.63, 3.8) is 0 Å². The molecule has 0 saturated heterocycles. The number of para-hydroxylation sites is 1. The summed E-state index contributed by atoms with van der Waals surface area (Å²) < 4.78 is 10.4. The first kappa shape index (κ1) is 17.5. The molecule has 134 valence electrons. The van der Waals surface area contributed by atoms with E-state index in [1.807, 2.05) is 18.2 Å². The summed E-state index contributed by atoms with van der Waals surface area (Å²) in [5.74, 6) is -0.732. The molecule has 0 fully saturated rings. The van der Waals surface area contributed by atoms with Crippen molar-refractivity contribution >= 4 is 22.8 Å². The largest absolute Gasteiger partial charge is 0.508 e. The number of hydrogen-bond donors (Lipinski definition) is 2. The number of aryl methyl sites for hydroxylation is 1. The Bertz CT molecular complexity index is 942. The second kappa shape index (κ2) is 7.31. The molecule has 0 spiro atoms. The lowest BCUT2D eigenvalue weighted by molar-refractivity contribution is -0.142. The van der Waals surface area contributed by atoms with E-state index in [2.05, 4.69) is 5.32 Å². The second-order valence-electron chi connectivity index (χ2n) is 5.97. The number of nitrogens with one attached hydrogen (secondary N) is 1. The van der Waals surface area contributed by atoms with Gasteiger partial charge in [0.25, 0.3) is 5.91 Å². The number of methoxy groups -OCH3 is 1. The molecular formula is C20H19NO5. The first-order valence-corrected chi connectivity index (χ1v) is 8.14. The maximum atomic E-state index is 12.7. The summed E-state index contributed by atoms with van der Waals surface area (Å²) in [6.45, 7) is 1.80. The number of carbonyl (C=O) groups excluding carboxylic acids is 2. The van der Waals surface area contributed by atoms with Crippen LogP contribution in [0.4, 0.5) is 0 Å². The number of esters is 1. The normalized spacial score (nSPS) is 11.9. The quantitative estimate of drug-likeness (QED) is 0.689. The van der Waals surface area contributed by atoms with Crippen LogP contribution in [-0.4, -0.2) is 30.1 Å². The molecule has 1 heterocycles. The van der Waals surface area contributed by atoms with Gasteiger partial charge in [-0.1, -0.05) is 30.3 Å². The van der Waals surface area contributed by atoms with Crippen LogP contribution in [0.5, 0.6) is 5.75 Å². The van der Waals surface area contributed by atoms with E-state index in [4.69, 9.17) is 9.15 Å². The molecular weight excluding hydrogens is 334 g/mol.